The minimum atomic E-state index is -4.58. The molecule has 0 aliphatic carbocycles. The Kier molecular flexibility index (Phi) is 5.12. The highest BCUT2D eigenvalue weighted by molar-refractivity contribution is 6.51. The first-order valence-electron chi connectivity index (χ1n) is 10.5. The summed E-state index contributed by atoms with van der Waals surface area (Å²) in [5.74, 6) is -2.60. The fourth-order valence-corrected chi connectivity index (χ4v) is 4.33. The average molecular weight is 478 g/mol. The van der Waals surface area contributed by atoms with Gasteiger partial charge in [0.2, 0.25) is 0 Å². The second-order valence-corrected chi connectivity index (χ2v) is 8.06. The summed E-state index contributed by atoms with van der Waals surface area (Å²) in [6.45, 7) is 0. The number of halogens is 3. The van der Waals surface area contributed by atoms with E-state index < -0.39 is 35.2 Å². The van der Waals surface area contributed by atoms with Crippen LogP contribution in [-0.2, 0) is 15.8 Å². The largest absolute Gasteiger partial charge is 0.508 e. The van der Waals surface area contributed by atoms with Crippen LogP contribution in [0.5, 0.6) is 5.75 Å². The fraction of sp³-hybridized carbons (Fsp3) is 0.0769. The first-order valence-corrected chi connectivity index (χ1v) is 10.5. The molecule has 1 unspecified atom stereocenters. The van der Waals surface area contributed by atoms with Crippen molar-refractivity contribution in [2.45, 2.75) is 12.2 Å². The van der Waals surface area contributed by atoms with Gasteiger partial charge in [-0.3, -0.25) is 14.5 Å². The Balaban J connectivity index is 1.72. The van der Waals surface area contributed by atoms with E-state index in [0.29, 0.717) is 16.5 Å². The number of phenolic OH excluding ortho intramolecular Hbond substituents is 1. The summed E-state index contributed by atoms with van der Waals surface area (Å²) in [5.41, 5.74) is 0.156. The van der Waals surface area contributed by atoms with E-state index in [2.05, 4.69) is 4.98 Å². The predicted octanol–water partition coefficient (Wildman–Crippen LogP) is 5.52. The van der Waals surface area contributed by atoms with Gasteiger partial charge in [-0.1, -0.05) is 30.3 Å². The molecule has 2 heterocycles. The number of rotatable bonds is 3. The molecule has 4 aromatic rings. The monoisotopic (exact) mass is 478 g/mol. The summed E-state index contributed by atoms with van der Waals surface area (Å²) in [5, 5.41) is 21.9. The first-order chi connectivity index (χ1) is 16.7. The van der Waals surface area contributed by atoms with Crippen molar-refractivity contribution in [3.63, 3.8) is 0 Å². The smallest absolute Gasteiger partial charge is 0.416 e. The van der Waals surface area contributed by atoms with Crippen LogP contribution < -0.4 is 4.90 Å². The van der Waals surface area contributed by atoms with Crippen LogP contribution in [0, 0.1) is 0 Å². The molecule has 0 saturated carbocycles. The maximum absolute atomic E-state index is 13.2. The molecular formula is C26H17F3N2O4. The van der Waals surface area contributed by atoms with E-state index in [1.165, 1.54) is 24.4 Å². The van der Waals surface area contributed by atoms with Gasteiger partial charge in [-0.25, -0.2) is 0 Å². The van der Waals surface area contributed by atoms with E-state index in [-0.39, 0.29) is 22.6 Å². The molecule has 1 fully saturated rings. The normalized spacial score (nSPS) is 17.9. The number of fused-ring (bicyclic) bond motifs is 1. The van der Waals surface area contributed by atoms with Crippen LogP contribution in [0.25, 0.3) is 16.7 Å². The lowest BCUT2D eigenvalue weighted by molar-refractivity contribution is -0.137. The number of nitrogens with zero attached hydrogens (tertiary/aromatic N) is 1. The number of amides is 1. The summed E-state index contributed by atoms with van der Waals surface area (Å²) in [6, 6.07) is 15.5. The maximum Gasteiger partial charge on any atom is 0.416 e. The standard InChI is InChI=1S/C26H17F3N2O4/c27-26(28,29)15-8-10-16(11-9-15)31-22(14-4-3-5-17(32)12-14)21(24(34)25(31)35)23(33)19-13-30-20-7-2-1-6-18(19)20/h1-13,22,30,32-33H/b23-21-. The van der Waals surface area contributed by atoms with Crippen molar-refractivity contribution in [2.24, 2.45) is 0 Å². The van der Waals surface area contributed by atoms with Gasteiger partial charge in [0.1, 0.15) is 11.5 Å². The van der Waals surface area contributed by atoms with Gasteiger partial charge >= 0.3 is 6.18 Å². The minimum Gasteiger partial charge on any atom is -0.508 e. The van der Waals surface area contributed by atoms with Crippen LogP contribution in [0.2, 0.25) is 0 Å². The molecular weight excluding hydrogens is 461 g/mol. The quantitative estimate of drug-likeness (QED) is 0.205. The van der Waals surface area contributed by atoms with Crippen LogP contribution in [-0.4, -0.2) is 26.9 Å². The van der Waals surface area contributed by atoms with Gasteiger partial charge in [0.25, 0.3) is 11.7 Å². The second-order valence-electron chi connectivity index (χ2n) is 8.06. The zero-order valence-electron chi connectivity index (χ0n) is 17.9. The van der Waals surface area contributed by atoms with E-state index in [1.54, 1.807) is 30.3 Å². The number of nitrogens with one attached hydrogen (secondary N) is 1. The molecule has 1 aliphatic heterocycles. The third-order valence-electron chi connectivity index (χ3n) is 5.95. The number of H-pyrrole nitrogens is 1. The molecule has 1 amide bonds. The summed E-state index contributed by atoms with van der Waals surface area (Å²) in [7, 11) is 0. The molecule has 1 aliphatic rings. The zero-order valence-corrected chi connectivity index (χ0v) is 17.9. The number of aromatic amines is 1. The third-order valence-corrected chi connectivity index (χ3v) is 5.95. The topological polar surface area (TPSA) is 93.6 Å². The van der Waals surface area contributed by atoms with Crippen LogP contribution in [0.4, 0.5) is 18.9 Å². The van der Waals surface area contributed by atoms with E-state index in [0.717, 1.165) is 29.2 Å². The number of phenols is 1. The van der Waals surface area contributed by atoms with E-state index in [4.69, 9.17) is 0 Å². The zero-order chi connectivity index (χ0) is 24.9. The number of benzene rings is 3. The Morgan fingerprint density at radius 3 is 2.34 bits per heavy atom. The number of hydrogen-bond donors (Lipinski definition) is 3. The first kappa shape index (κ1) is 22.3. The highest BCUT2D eigenvalue weighted by Crippen LogP contribution is 2.44. The summed E-state index contributed by atoms with van der Waals surface area (Å²) in [6.07, 6.45) is -3.07. The number of hydrogen-bond acceptors (Lipinski definition) is 4. The van der Waals surface area contributed by atoms with Gasteiger partial charge in [-0.15, -0.1) is 0 Å². The number of Topliss-reactive ketones (excluding diaryl/α,β-unsaturated/α-hetero) is 1. The van der Waals surface area contributed by atoms with Crippen LogP contribution in [0.3, 0.4) is 0 Å². The number of ketones is 1. The van der Waals surface area contributed by atoms with E-state index in [1.807, 2.05) is 0 Å². The van der Waals surface area contributed by atoms with Crippen LogP contribution in [0.15, 0.2) is 84.6 Å². The highest BCUT2D eigenvalue weighted by atomic mass is 19.4. The Hall–Kier alpha value is -4.53. The van der Waals surface area contributed by atoms with Crippen molar-refractivity contribution in [2.75, 3.05) is 4.90 Å². The average Bonchev–Trinajstić information content (AvgIpc) is 3.37. The Morgan fingerprint density at radius 1 is 0.943 bits per heavy atom. The van der Waals surface area contributed by atoms with Crippen LogP contribution >= 0.6 is 0 Å². The van der Waals surface area contributed by atoms with Crippen molar-refractivity contribution in [1.29, 1.82) is 0 Å². The number of aliphatic hydroxyl groups excluding tert-OH is 1. The third kappa shape index (κ3) is 3.71. The second kappa shape index (κ2) is 8.05. The molecule has 176 valence electrons. The highest BCUT2D eigenvalue weighted by Gasteiger charge is 2.47. The molecule has 1 atom stereocenters. The molecule has 9 heteroatoms. The van der Waals surface area contributed by atoms with Crippen molar-refractivity contribution in [1.82, 2.24) is 4.98 Å². The minimum absolute atomic E-state index is 0.0337. The summed E-state index contributed by atoms with van der Waals surface area (Å²) >= 11 is 0. The Morgan fingerprint density at radius 2 is 1.66 bits per heavy atom. The van der Waals surface area contributed by atoms with Crippen LogP contribution in [0.1, 0.15) is 22.7 Å². The number of anilines is 1. The number of aromatic hydroxyl groups is 1. The lowest BCUT2D eigenvalue weighted by Crippen LogP contribution is -2.29. The molecule has 3 aromatic carbocycles. The SMILES string of the molecule is O=C1C(=O)N(c2ccc(C(F)(F)F)cc2)C(c2cccc(O)c2)/C1=C(/O)c1c[nH]c2ccccc12. The lowest BCUT2D eigenvalue weighted by Gasteiger charge is -2.25. The molecule has 1 saturated heterocycles. The summed E-state index contributed by atoms with van der Waals surface area (Å²) < 4.78 is 39.2. The molecule has 6 nitrogen and oxygen atoms in total. The number of para-hydroxylation sites is 1. The number of carbonyl (C=O) groups excluding carboxylic acids is 2. The molecule has 0 bridgehead atoms. The van der Waals surface area contributed by atoms with Gasteiger partial charge in [0.15, 0.2) is 0 Å². The maximum atomic E-state index is 13.2. The number of aliphatic hydroxyl groups is 1. The van der Waals surface area contributed by atoms with Crippen molar-refractivity contribution >= 4 is 34.0 Å². The molecule has 5 rings (SSSR count). The summed E-state index contributed by atoms with van der Waals surface area (Å²) in [4.78, 5) is 30.4. The van der Waals surface area contributed by atoms with Crippen molar-refractivity contribution < 1.29 is 33.0 Å². The van der Waals surface area contributed by atoms with Gasteiger partial charge in [-0.2, -0.15) is 13.2 Å². The predicted molar refractivity (Wildman–Crippen MR) is 123 cm³/mol. The van der Waals surface area contributed by atoms with Gasteiger partial charge in [0.05, 0.1) is 17.2 Å². The fourth-order valence-electron chi connectivity index (χ4n) is 4.33. The Labute approximate surface area is 196 Å². The molecule has 35 heavy (non-hydrogen) atoms. The number of carbonyl (C=O) groups is 2. The van der Waals surface area contributed by atoms with Gasteiger partial charge in [0, 0.05) is 28.4 Å². The molecule has 0 radical (unpaired) electrons. The molecule has 0 spiro atoms. The number of aromatic nitrogens is 1. The number of alkyl halides is 3. The van der Waals surface area contributed by atoms with Crippen molar-refractivity contribution in [3.05, 3.63) is 101 Å². The van der Waals surface area contributed by atoms with E-state index >= 15 is 0 Å². The van der Waals surface area contributed by atoms with E-state index in [9.17, 15) is 33.0 Å². The van der Waals surface area contributed by atoms with Gasteiger partial charge in [-0.05, 0) is 48.0 Å². The molecule has 3 N–H and O–H groups in total. The Bertz CT molecular complexity index is 1500. The lowest BCUT2D eigenvalue weighted by atomic mass is 9.94. The van der Waals surface area contributed by atoms with Gasteiger partial charge < -0.3 is 15.2 Å². The molecule has 1 aromatic heterocycles. The van der Waals surface area contributed by atoms with Crippen molar-refractivity contribution in [3.8, 4) is 5.75 Å².